The van der Waals surface area contributed by atoms with Gasteiger partial charge in [-0.05, 0) is 43.4 Å². The van der Waals surface area contributed by atoms with Crippen LogP contribution in [0.1, 0.15) is 43.7 Å². The third-order valence-corrected chi connectivity index (χ3v) is 5.35. The van der Waals surface area contributed by atoms with Gasteiger partial charge in [0, 0.05) is 24.9 Å². The average molecular weight is 362 g/mol. The van der Waals surface area contributed by atoms with Crippen molar-refractivity contribution in [2.24, 2.45) is 11.8 Å². The van der Waals surface area contributed by atoms with Crippen LogP contribution >= 0.6 is 0 Å². The van der Waals surface area contributed by atoms with E-state index in [9.17, 15) is 23.9 Å². The summed E-state index contributed by atoms with van der Waals surface area (Å²) in [4.78, 5) is 38.0. The van der Waals surface area contributed by atoms with Gasteiger partial charge in [-0.25, -0.2) is 9.18 Å². The highest BCUT2D eigenvalue weighted by atomic mass is 19.1. The van der Waals surface area contributed by atoms with Crippen LogP contribution < -0.4 is 5.32 Å². The van der Waals surface area contributed by atoms with E-state index in [-0.39, 0.29) is 29.2 Å². The Kier molecular flexibility index (Phi) is 5.54. The molecule has 0 aromatic heterocycles. The van der Waals surface area contributed by atoms with Crippen molar-refractivity contribution in [3.8, 4) is 0 Å². The van der Waals surface area contributed by atoms with Gasteiger partial charge in [-0.2, -0.15) is 0 Å². The number of likely N-dealkylation sites (tertiary alicyclic amines) is 1. The predicted octanol–water partition coefficient (Wildman–Crippen LogP) is 2.11. The van der Waals surface area contributed by atoms with Crippen molar-refractivity contribution < 1.29 is 23.9 Å². The highest BCUT2D eigenvalue weighted by Gasteiger charge is 2.34. The van der Waals surface area contributed by atoms with E-state index in [4.69, 9.17) is 0 Å². The summed E-state index contributed by atoms with van der Waals surface area (Å²) in [6, 6.07) is 3.94. The quantitative estimate of drug-likeness (QED) is 0.840. The first-order chi connectivity index (χ1) is 12.5. The summed E-state index contributed by atoms with van der Waals surface area (Å²) in [7, 11) is 0. The second-order valence-electron chi connectivity index (χ2n) is 7.06. The Hall–Kier alpha value is -2.44. The Morgan fingerprint density at radius 3 is 2.35 bits per heavy atom. The van der Waals surface area contributed by atoms with Gasteiger partial charge in [0.05, 0.1) is 0 Å². The number of hydrogen-bond donors (Lipinski definition) is 2. The summed E-state index contributed by atoms with van der Waals surface area (Å²) in [5.74, 6) is -2.16. The van der Waals surface area contributed by atoms with Crippen LogP contribution in [0.25, 0.3) is 0 Å². The molecule has 1 aromatic carbocycles. The van der Waals surface area contributed by atoms with Gasteiger partial charge in [0.15, 0.2) is 6.04 Å². The average Bonchev–Trinajstić information content (AvgIpc) is 2.57. The number of halogens is 1. The van der Waals surface area contributed by atoms with Gasteiger partial charge in [0.2, 0.25) is 11.8 Å². The van der Waals surface area contributed by atoms with Crippen LogP contribution in [-0.2, 0) is 14.4 Å². The summed E-state index contributed by atoms with van der Waals surface area (Å²) in [6.07, 6.45) is 4.03. The van der Waals surface area contributed by atoms with E-state index < -0.39 is 17.8 Å². The van der Waals surface area contributed by atoms with Crippen molar-refractivity contribution in [1.82, 2.24) is 10.2 Å². The molecule has 1 aliphatic carbocycles. The van der Waals surface area contributed by atoms with E-state index >= 15 is 0 Å². The zero-order valence-corrected chi connectivity index (χ0v) is 14.5. The lowest BCUT2D eigenvalue weighted by atomic mass is 9.83. The molecule has 0 spiro atoms. The molecule has 1 saturated heterocycles. The van der Waals surface area contributed by atoms with Gasteiger partial charge < -0.3 is 15.3 Å². The van der Waals surface area contributed by atoms with E-state index in [0.29, 0.717) is 25.9 Å². The fraction of sp³-hybridized carbons (Fsp3) is 0.526. The van der Waals surface area contributed by atoms with Gasteiger partial charge >= 0.3 is 5.97 Å². The molecule has 2 N–H and O–H groups in total. The maximum Gasteiger partial charge on any atom is 0.330 e. The number of amides is 2. The number of benzene rings is 1. The van der Waals surface area contributed by atoms with Crippen molar-refractivity contribution in [1.29, 1.82) is 0 Å². The fourth-order valence-electron chi connectivity index (χ4n) is 3.51. The van der Waals surface area contributed by atoms with E-state index in [2.05, 4.69) is 5.32 Å². The molecule has 1 saturated carbocycles. The van der Waals surface area contributed by atoms with E-state index in [1.54, 1.807) is 0 Å². The summed E-state index contributed by atoms with van der Waals surface area (Å²) in [5.41, 5.74) is 0.198. The Morgan fingerprint density at radius 2 is 1.81 bits per heavy atom. The van der Waals surface area contributed by atoms with E-state index in [1.165, 1.54) is 18.2 Å². The number of aliphatic carboxylic acids is 1. The van der Waals surface area contributed by atoms with Gasteiger partial charge in [-0.3, -0.25) is 9.59 Å². The Morgan fingerprint density at radius 1 is 1.12 bits per heavy atom. The van der Waals surface area contributed by atoms with Crippen molar-refractivity contribution >= 4 is 17.8 Å². The van der Waals surface area contributed by atoms with Crippen LogP contribution in [0.3, 0.4) is 0 Å². The minimum absolute atomic E-state index is 0.143. The molecule has 2 amide bonds. The van der Waals surface area contributed by atoms with Gasteiger partial charge in [0.1, 0.15) is 5.82 Å². The van der Waals surface area contributed by atoms with Crippen LogP contribution in [0.15, 0.2) is 24.3 Å². The second-order valence-corrected chi connectivity index (χ2v) is 7.06. The summed E-state index contributed by atoms with van der Waals surface area (Å²) < 4.78 is 13.4. The normalized spacial score (nSPS) is 19.5. The van der Waals surface area contributed by atoms with Gasteiger partial charge in [0.25, 0.3) is 0 Å². The lowest BCUT2D eigenvalue weighted by Gasteiger charge is -2.36. The summed E-state index contributed by atoms with van der Waals surface area (Å²) in [6.45, 7) is 1.04. The first kappa shape index (κ1) is 18.4. The van der Waals surface area contributed by atoms with Crippen LogP contribution in [0, 0.1) is 17.7 Å². The molecule has 1 aliphatic heterocycles. The lowest BCUT2D eigenvalue weighted by molar-refractivity contribution is -0.144. The number of nitrogens with zero attached hydrogens (tertiary/aromatic N) is 1. The van der Waals surface area contributed by atoms with Crippen molar-refractivity contribution in [3.63, 3.8) is 0 Å². The highest BCUT2D eigenvalue weighted by molar-refractivity contribution is 5.86. The third kappa shape index (κ3) is 4.03. The van der Waals surface area contributed by atoms with Crippen molar-refractivity contribution in [2.45, 2.75) is 38.1 Å². The standard InChI is InChI=1S/C19H23FN2O4/c20-15-6-2-5-14(11-15)16(19(25)26)21-17(23)12-7-9-22(10-8-12)18(24)13-3-1-4-13/h2,5-6,11-13,16H,1,3-4,7-10H2,(H,21,23)(H,25,26)/t16-/m1/s1. The monoisotopic (exact) mass is 362 g/mol. The number of carbonyl (C=O) groups excluding carboxylic acids is 2. The number of carboxylic acid groups (broad SMARTS) is 1. The number of carboxylic acids is 1. The zero-order valence-electron chi connectivity index (χ0n) is 14.5. The second kappa shape index (κ2) is 7.85. The maximum atomic E-state index is 13.4. The number of piperidine rings is 1. The van der Waals surface area contributed by atoms with Crippen LogP contribution in [0.2, 0.25) is 0 Å². The highest BCUT2D eigenvalue weighted by Crippen LogP contribution is 2.30. The molecule has 1 aromatic rings. The topological polar surface area (TPSA) is 86.7 Å². The molecule has 3 rings (SSSR count). The molecule has 0 radical (unpaired) electrons. The number of carbonyl (C=O) groups is 3. The van der Waals surface area contributed by atoms with Crippen molar-refractivity contribution in [3.05, 3.63) is 35.6 Å². The summed E-state index contributed by atoms with van der Waals surface area (Å²) in [5, 5.41) is 11.9. The molecule has 2 aliphatic rings. The van der Waals surface area contributed by atoms with Crippen molar-refractivity contribution in [2.75, 3.05) is 13.1 Å². The van der Waals surface area contributed by atoms with Gasteiger partial charge in [-0.1, -0.05) is 18.6 Å². The minimum Gasteiger partial charge on any atom is -0.479 e. The fourth-order valence-corrected chi connectivity index (χ4v) is 3.51. The molecule has 0 unspecified atom stereocenters. The molecule has 6 nitrogen and oxygen atoms in total. The molecule has 140 valence electrons. The molecule has 26 heavy (non-hydrogen) atoms. The largest absolute Gasteiger partial charge is 0.479 e. The number of rotatable bonds is 5. The first-order valence-electron chi connectivity index (χ1n) is 9.03. The van der Waals surface area contributed by atoms with E-state index in [1.807, 2.05) is 4.90 Å². The van der Waals surface area contributed by atoms with Crippen LogP contribution in [0.5, 0.6) is 0 Å². The molecule has 2 fully saturated rings. The molecule has 0 bridgehead atoms. The van der Waals surface area contributed by atoms with E-state index in [0.717, 1.165) is 25.3 Å². The lowest BCUT2D eigenvalue weighted by Crippen LogP contribution is -2.47. The Bertz CT molecular complexity index is 697. The Balaban J connectivity index is 1.57. The number of hydrogen-bond acceptors (Lipinski definition) is 3. The third-order valence-electron chi connectivity index (χ3n) is 5.35. The molecular formula is C19H23FN2O4. The van der Waals surface area contributed by atoms with Crippen LogP contribution in [0.4, 0.5) is 4.39 Å². The predicted molar refractivity (Wildman–Crippen MR) is 91.6 cm³/mol. The van der Waals surface area contributed by atoms with Gasteiger partial charge in [-0.15, -0.1) is 0 Å². The van der Waals surface area contributed by atoms with Crippen LogP contribution in [-0.4, -0.2) is 40.9 Å². The molecule has 7 heteroatoms. The molecular weight excluding hydrogens is 339 g/mol. The maximum absolute atomic E-state index is 13.4. The SMILES string of the molecule is O=C(N[C@@H](C(=O)O)c1cccc(F)c1)C1CCN(C(=O)C2CCC2)CC1. The smallest absolute Gasteiger partial charge is 0.330 e. The Labute approximate surface area is 151 Å². The zero-order chi connectivity index (χ0) is 18.7. The first-order valence-corrected chi connectivity index (χ1v) is 9.03. The minimum atomic E-state index is -1.28. The molecule has 1 heterocycles. The number of nitrogens with one attached hydrogen (secondary N) is 1. The molecule has 1 atom stereocenters. The summed E-state index contributed by atoms with van der Waals surface area (Å²) >= 11 is 0.